The molecule has 0 fully saturated rings. The summed E-state index contributed by atoms with van der Waals surface area (Å²) in [7, 11) is 1.30. The van der Waals surface area contributed by atoms with Crippen molar-refractivity contribution in [1.82, 2.24) is 10.2 Å². The van der Waals surface area contributed by atoms with Crippen molar-refractivity contribution in [3.8, 4) is 0 Å². The Morgan fingerprint density at radius 2 is 1.77 bits per heavy atom. The van der Waals surface area contributed by atoms with Crippen LogP contribution >= 0.6 is 0 Å². The Labute approximate surface area is 125 Å². The van der Waals surface area contributed by atoms with E-state index in [1.807, 2.05) is 0 Å². The number of amides is 3. The van der Waals surface area contributed by atoms with E-state index in [0.29, 0.717) is 0 Å². The molecule has 0 saturated heterocycles. The highest BCUT2D eigenvalue weighted by Crippen LogP contribution is 2.21. The lowest BCUT2D eigenvalue weighted by molar-refractivity contribution is -0.143. The Morgan fingerprint density at radius 3 is 2.23 bits per heavy atom. The Morgan fingerprint density at radius 1 is 1.23 bits per heavy atom. The fourth-order valence-electron chi connectivity index (χ4n) is 2.11. The Balaban J connectivity index is 2.06. The number of nitrogens with one attached hydrogen (secondary N) is 1. The molecule has 0 saturated carbocycles. The van der Waals surface area contributed by atoms with Gasteiger partial charge in [0.1, 0.15) is 6.54 Å². The predicted molar refractivity (Wildman–Crippen MR) is 73.3 cm³/mol. The van der Waals surface area contributed by atoms with Crippen LogP contribution in [-0.2, 0) is 14.3 Å². The summed E-state index contributed by atoms with van der Waals surface area (Å²) in [5.74, 6) is -3.17. The zero-order valence-electron chi connectivity index (χ0n) is 11.7. The molecule has 0 aliphatic carbocycles. The second kappa shape index (κ2) is 6.35. The number of methoxy groups -OCH3 is 1. The zero-order valence-corrected chi connectivity index (χ0v) is 11.7. The molecule has 1 heterocycles. The lowest BCUT2D eigenvalue weighted by atomic mass is 10.1. The van der Waals surface area contributed by atoms with Crippen LogP contribution in [0.1, 0.15) is 20.7 Å². The number of aliphatic carboxylic acids is 1. The number of fused-ring (bicyclic) bond motifs is 1. The molecule has 0 spiro atoms. The van der Waals surface area contributed by atoms with Gasteiger partial charge in [-0.15, -0.1) is 0 Å². The van der Waals surface area contributed by atoms with Crippen molar-refractivity contribution in [2.24, 2.45) is 0 Å². The first-order chi connectivity index (χ1) is 10.5. The van der Waals surface area contributed by atoms with E-state index < -0.39 is 36.3 Å². The first-order valence-electron chi connectivity index (χ1n) is 6.42. The van der Waals surface area contributed by atoms with Gasteiger partial charge in [-0.05, 0) is 12.1 Å². The SMILES string of the molecule is COCC(NC(=O)CN1C(=O)c2ccccc2C1=O)C(=O)O. The number of carbonyl (C=O) groups excluding carboxylic acids is 3. The van der Waals surface area contributed by atoms with Gasteiger partial charge in [0.2, 0.25) is 5.91 Å². The molecule has 0 bridgehead atoms. The molecule has 3 amide bonds. The Hall–Kier alpha value is -2.74. The van der Waals surface area contributed by atoms with E-state index in [-0.39, 0.29) is 17.7 Å². The van der Waals surface area contributed by atoms with Crippen LogP contribution in [-0.4, -0.2) is 60.0 Å². The third-order valence-corrected chi connectivity index (χ3v) is 3.15. The molecule has 1 aromatic rings. The van der Waals surface area contributed by atoms with Gasteiger partial charge in [-0.25, -0.2) is 4.79 Å². The third-order valence-electron chi connectivity index (χ3n) is 3.15. The van der Waals surface area contributed by atoms with Gasteiger partial charge in [0.25, 0.3) is 11.8 Å². The van der Waals surface area contributed by atoms with Crippen molar-refractivity contribution >= 4 is 23.7 Å². The van der Waals surface area contributed by atoms with E-state index in [1.54, 1.807) is 12.1 Å². The van der Waals surface area contributed by atoms with Crippen LogP contribution in [0.2, 0.25) is 0 Å². The Bertz CT molecular complexity index is 607. The number of nitrogens with zero attached hydrogens (tertiary/aromatic N) is 1. The van der Waals surface area contributed by atoms with Gasteiger partial charge in [0.15, 0.2) is 6.04 Å². The maximum Gasteiger partial charge on any atom is 0.328 e. The molecule has 8 nitrogen and oxygen atoms in total. The third kappa shape index (κ3) is 2.96. The number of carbonyl (C=O) groups is 4. The van der Waals surface area contributed by atoms with Gasteiger partial charge in [0.05, 0.1) is 17.7 Å². The maximum absolute atomic E-state index is 12.1. The maximum atomic E-state index is 12.1. The minimum absolute atomic E-state index is 0.219. The van der Waals surface area contributed by atoms with Gasteiger partial charge in [-0.3, -0.25) is 19.3 Å². The molecule has 1 aromatic carbocycles. The number of ether oxygens (including phenoxy) is 1. The molecule has 1 unspecified atom stereocenters. The van der Waals surface area contributed by atoms with Crippen LogP contribution in [0, 0.1) is 0 Å². The first-order valence-corrected chi connectivity index (χ1v) is 6.42. The van der Waals surface area contributed by atoms with E-state index in [1.165, 1.54) is 19.2 Å². The standard InChI is InChI=1S/C14H14N2O6/c1-22-7-10(14(20)21)15-11(17)6-16-12(18)8-4-2-3-5-9(8)13(16)19/h2-5,10H,6-7H2,1H3,(H,15,17)(H,20,21). The molecule has 0 radical (unpaired) electrons. The summed E-state index contributed by atoms with van der Waals surface area (Å²) in [5.41, 5.74) is 0.457. The number of hydrogen-bond donors (Lipinski definition) is 2. The fraction of sp³-hybridized carbons (Fsp3) is 0.286. The average molecular weight is 306 g/mol. The molecule has 2 N–H and O–H groups in total. The number of rotatable bonds is 6. The molecule has 0 aromatic heterocycles. The van der Waals surface area contributed by atoms with Crippen LogP contribution in [0.25, 0.3) is 0 Å². The lowest BCUT2D eigenvalue weighted by Gasteiger charge is -2.17. The molecule has 1 atom stereocenters. The second-order valence-electron chi connectivity index (χ2n) is 4.66. The zero-order chi connectivity index (χ0) is 16.3. The van der Waals surface area contributed by atoms with Gasteiger partial charge in [-0.2, -0.15) is 0 Å². The van der Waals surface area contributed by atoms with Crippen LogP contribution in [0.5, 0.6) is 0 Å². The number of imide groups is 1. The summed E-state index contributed by atoms with van der Waals surface area (Å²) in [6, 6.07) is 4.99. The normalized spacial score (nSPS) is 14.7. The minimum atomic E-state index is -1.27. The highest BCUT2D eigenvalue weighted by Gasteiger charge is 2.36. The van der Waals surface area contributed by atoms with E-state index in [2.05, 4.69) is 10.1 Å². The fourth-order valence-corrected chi connectivity index (χ4v) is 2.11. The van der Waals surface area contributed by atoms with E-state index >= 15 is 0 Å². The summed E-state index contributed by atoms with van der Waals surface area (Å²) >= 11 is 0. The van der Waals surface area contributed by atoms with Crippen molar-refractivity contribution in [3.05, 3.63) is 35.4 Å². The van der Waals surface area contributed by atoms with Crippen molar-refractivity contribution < 1.29 is 29.0 Å². The smallest absolute Gasteiger partial charge is 0.328 e. The second-order valence-corrected chi connectivity index (χ2v) is 4.66. The van der Waals surface area contributed by atoms with Crippen LogP contribution < -0.4 is 5.32 Å². The molecular formula is C14H14N2O6. The van der Waals surface area contributed by atoms with Crippen molar-refractivity contribution in [3.63, 3.8) is 0 Å². The molecule has 2 rings (SSSR count). The van der Waals surface area contributed by atoms with Crippen molar-refractivity contribution in [2.45, 2.75) is 6.04 Å². The number of carboxylic acids is 1. The van der Waals surface area contributed by atoms with Crippen LogP contribution in [0.15, 0.2) is 24.3 Å². The lowest BCUT2D eigenvalue weighted by Crippen LogP contribution is -2.48. The molecule has 1 aliphatic rings. The Kier molecular flexibility index (Phi) is 4.52. The summed E-state index contributed by atoms with van der Waals surface area (Å²) in [6.07, 6.45) is 0. The molecule has 116 valence electrons. The van der Waals surface area contributed by atoms with Gasteiger partial charge in [-0.1, -0.05) is 12.1 Å². The van der Waals surface area contributed by atoms with Crippen LogP contribution in [0.4, 0.5) is 0 Å². The van der Waals surface area contributed by atoms with E-state index in [4.69, 9.17) is 5.11 Å². The number of hydrogen-bond acceptors (Lipinski definition) is 5. The molecule has 8 heteroatoms. The quantitative estimate of drug-likeness (QED) is 0.685. The number of benzene rings is 1. The highest BCUT2D eigenvalue weighted by molar-refractivity contribution is 6.22. The molecule has 1 aliphatic heterocycles. The largest absolute Gasteiger partial charge is 0.480 e. The summed E-state index contributed by atoms with van der Waals surface area (Å²) in [4.78, 5) is 47.7. The molecular weight excluding hydrogens is 292 g/mol. The van der Waals surface area contributed by atoms with Crippen molar-refractivity contribution in [1.29, 1.82) is 0 Å². The minimum Gasteiger partial charge on any atom is -0.480 e. The molecule has 22 heavy (non-hydrogen) atoms. The van der Waals surface area contributed by atoms with Crippen LogP contribution in [0.3, 0.4) is 0 Å². The van der Waals surface area contributed by atoms with Gasteiger partial charge < -0.3 is 15.2 Å². The average Bonchev–Trinajstić information content (AvgIpc) is 2.72. The van der Waals surface area contributed by atoms with Gasteiger partial charge >= 0.3 is 5.97 Å². The van der Waals surface area contributed by atoms with Crippen molar-refractivity contribution in [2.75, 3.05) is 20.3 Å². The van der Waals surface area contributed by atoms with E-state index in [9.17, 15) is 19.2 Å². The topological polar surface area (TPSA) is 113 Å². The van der Waals surface area contributed by atoms with E-state index in [0.717, 1.165) is 4.90 Å². The summed E-state index contributed by atoms with van der Waals surface area (Å²) < 4.78 is 4.69. The van der Waals surface area contributed by atoms with Gasteiger partial charge in [0, 0.05) is 7.11 Å². The monoisotopic (exact) mass is 306 g/mol. The summed E-state index contributed by atoms with van der Waals surface area (Å²) in [5, 5.41) is 11.1. The number of carboxylic acid groups (broad SMARTS) is 1. The summed E-state index contributed by atoms with van der Waals surface area (Å²) in [6.45, 7) is -0.761. The predicted octanol–water partition coefficient (Wildman–Crippen LogP) is -0.502. The first kappa shape index (κ1) is 15.6. The highest BCUT2D eigenvalue weighted by atomic mass is 16.5.